The summed E-state index contributed by atoms with van der Waals surface area (Å²) in [6.45, 7) is 2.40. The first-order valence-corrected chi connectivity index (χ1v) is 6.35. The molecular weight excluding hydrogens is 252 g/mol. The first-order chi connectivity index (χ1) is 9.60. The van der Waals surface area contributed by atoms with E-state index in [2.05, 4.69) is 5.32 Å². The molecule has 3 N–H and O–H groups in total. The van der Waals surface area contributed by atoms with Gasteiger partial charge in [-0.05, 0) is 48.4 Å². The summed E-state index contributed by atoms with van der Waals surface area (Å²) in [5, 5.41) is 2.87. The largest absolute Gasteiger partial charge is 0.399 e. The van der Waals surface area contributed by atoms with Crippen LogP contribution >= 0.6 is 0 Å². The number of amides is 1. The second-order valence-electron chi connectivity index (χ2n) is 4.66. The van der Waals surface area contributed by atoms with Crippen molar-refractivity contribution < 1.29 is 9.53 Å². The molecule has 20 heavy (non-hydrogen) atoms. The van der Waals surface area contributed by atoms with Crippen molar-refractivity contribution in [3.8, 4) is 0 Å². The van der Waals surface area contributed by atoms with E-state index in [1.165, 1.54) is 0 Å². The summed E-state index contributed by atoms with van der Waals surface area (Å²) in [6, 6.07) is 12.8. The van der Waals surface area contributed by atoms with Gasteiger partial charge in [0.05, 0.1) is 6.61 Å². The first-order valence-electron chi connectivity index (χ1n) is 6.35. The van der Waals surface area contributed by atoms with Gasteiger partial charge in [0, 0.05) is 24.0 Å². The van der Waals surface area contributed by atoms with E-state index in [1.54, 1.807) is 25.3 Å². The number of carbonyl (C=O) groups is 1. The van der Waals surface area contributed by atoms with Crippen LogP contribution in [-0.4, -0.2) is 13.0 Å². The van der Waals surface area contributed by atoms with Crippen molar-refractivity contribution in [3.63, 3.8) is 0 Å². The fourth-order valence-electron chi connectivity index (χ4n) is 1.93. The highest BCUT2D eigenvalue weighted by molar-refractivity contribution is 6.04. The standard InChI is InChI=1S/C16H18N2O2/c1-11-8-13(6-7-15(11)17)16(19)18-14-5-3-4-12(9-14)10-20-2/h3-9H,10,17H2,1-2H3,(H,18,19). The molecule has 0 fully saturated rings. The fraction of sp³-hybridized carbons (Fsp3) is 0.188. The summed E-state index contributed by atoms with van der Waals surface area (Å²) in [6.07, 6.45) is 0. The van der Waals surface area contributed by atoms with E-state index in [0.717, 1.165) is 16.8 Å². The van der Waals surface area contributed by atoms with Gasteiger partial charge in [0.15, 0.2) is 0 Å². The Bertz CT molecular complexity index is 624. The maximum absolute atomic E-state index is 12.2. The zero-order valence-corrected chi connectivity index (χ0v) is 11.6. The number of nitrogen functional groups attached to an aromatic ring is 1. The Balaban J connectivity index is 2.14. The van der Waals surface area contributed by atoms with E-state index in [0.29, 0.717) is 17.9 Å². The number of hydrogen-bond donors (Lipinski definition) is 2. The van der Waals surface area contributed by atoms with Gasteiger partial charge in [-0.2, -0.15) is 0 Å². The maximum atomic E-state index is 12.2. The van der Waals surface area contributed by atoms with Gasteiger partial charge in [0.2, 0.25) is 0 Å². The Morgan fingerprint density at radius 2 is 2.05 bits per heavy atom. The molecule has 2 aromatic rings. The van der Waals surface area contributed by atoms with E-state index in [1.807, 2.05) is 31.2 Å². The first kappa shape index (κ1) is 14.1. The lowest BCUT2D eigenvalue weighted by Gasteiger charge is -2.08. The number of ether oxygens (including phenoxy) is 1. The van der Waals surface area contributed by atoms with Gasteiger partial charge >= 0.3 is 0 Å². The molecule has 0 aliphatic carbocycles. The topological polar surface area (TPSA) is 64.3 Å². The van der Waals surface area contributed by atoms with Gasteiger partial charge in [-0.25, -0.2) is 0 Å². The Labute approximate surface area is 118 Å². The third-order valence-electron chi connectivity index (χ3n) is 3.03. The van der Waals surface area contributed by atoms with Crippen LogP contribution in [0.4, 0.5) is 11.4 Å². The van der Waals surface area contributed by atoms with Gasteiger partial charge in [0.25, 0.3) is 5.91 Å². The highest BCUT2D eigenvalue weighted by Gasteiger charge is 2.07. The van der Waals surface area contributed by atoms with E-state index in [-0.39, 0.29) is 5.91 Å². The smallest absolute Gasteiger partial charge is 0.255 e. The van der Waals surface area contributed by atoms with Crippen molar-refractivity contribution >= 4 is 17.3 Å². The molecule has 0 spiro atoms. The molecule has 0 unspecified atom stereocenters. The number of anilines is 2. The minimum Gasteiger partial charge on any atom is -0.399 e. The molecule has 1 amide bonds. The third kappa shape index (κ3) is 3.36. The molecular formula is C16H18N2O2. The number of carbonyl (C=O) groups excluding carboxylic acids is 1. The van der Waals surface area contributed by atoms with Gasteiger partial charge < -0.3 is 15.8 Å². The summed E-state index contributed by atoms with van der Waals surface area (Å²) in [7, 11) is 1.64. The molecule has 2 rings (SSSR count). The molecule has 2 aromatic carbocycles. The zero-order valence-electron chi connectivity index (χ0n) is 11.6. The van der Waals surface area contributed by atoms with Crippen molar-refractivity contribution in [1.82, 2.24) is 0 Å². The summed E-state index contributed by atoms with van der Waals surface area (Å²) in [5.41, 5.74) is 9.68. The Hall–Kier alpha value is -2.33. The summed E-state index contributed by atoms with van der Waals surface area (Å²) >= 11 is 0. The van der Waals surface area contributed by atoms with Crippen LogP contribution in [0.3, 0.4) is 0 Å². The van der Waals surface area contributed by atoms with Crippen LogP contribution in [0.5, 0.6) is 0 Å². The van der Waals surface area contributed by atoms with Crippen molar-refractivity contribution in [3.05, 3.63) is 59.2 Å². The van der Waals surface area contributed by atoms with Gasteiger partial charge in [-0.1, -0.05) is 12.1 Å². The van der Waals surface area contributed by atoms with Crippen LogP contribution in [0, 0.1) is 6.92 Å². The highest BCUT2D eigenvalue weighted by Crippen LogP contribution is 2.16. The van der Waals surface area contributed by atoms with Crippen LogP contribution in [-0.2, 0) is 11.3 Å². The number of nitrogens with two attached hydrogens (primary N) is 1. The summed E-state index contributed by atoms with van der Waals surface area (Å²) in [4.78, 5) is 12.2. The van der Waals surface area contributed by atoms with E-state index in [4.69, 9.17) is 10.5 Å². The Morgan fingerprint density at radius 3 is 2.75 bits per heavy atom. The molecule has 0 bridgehead atoms. The van der Waals surface area contributed by atoms with Gasteiger partial charge in [0.1, 0.15) is 0 Å². The molecule has 4 nitrogen and oxygen atoms in total. The van der Waals surface area contributed by atoms with Gasteiger partial charge in [-0.15, -0.1) is 0 Å². The number of methoxy groups -OCH3 is 1. The second kappa shape index (κ2) is 6.21. The molecule has 104 valence electrons. The average Bonchev–Trinajstić information content (AvgIpc) is 2.42. The third-order valence-corrected chi connectivity index (χ3v) is 3.03. The normalized spacial score (nSPS) is 10.3. The average molecular weight is 270 g/mol. The Morgan fingerprint density at radius 1 is 1.25 bits per heavy atom. The molecule has 0 saturated heterocycles. The SMILES string of the molecule is COCc1cccc(NC(=O)c2ccc(N)c(C)c2)c1. The number of aryl methyl sites for hydroxylation is 1. The molecule has 0 heterocycles. The van der Waals surface area contributed by atoms with Crippen molar-refractivity contribution in [2.45, 2.75) is 13.5 Å². The highest BCUT2D eigenvalue weighted by atomic mass is 16.5. The zero-order chi connectivity index (χ0) is 14.5. The quantitative estimate of drug-likeness (QED) is 0.839. The number of rotatable bonds is 4. The van der Waals surface area contributed by atoms with Crippen LogP contribution in [0.1, 0.15) is 21.5 Å². The molecule has 4 heteroatoms. The van der Waals surface area contributed by atoms with Crippen molar-refractivity contribution in [1.29, 1.82) is 0 Å². The summed E-state index contributed by atoms with van der Waals surface area (Å²) < 4.78 is 5.07. The molecule has 0 radical (unpaired) electrons. The minimum absolute atomic E-state index is 0.150. The number of hydrogen-bond acceptors (Lipinski definition) is 3. The summed E-state index contributed by atoms with van der Waals surface area (Å²) in [5.74, 6) is -0.150. The van der Waals surface area contributed by atoms with Crippen LogP contribution < -0.4 is 11.1 Å². The monoisotopic (exact) mass is 270 g/mol. The molecule has 0 aromatic heterocycles. The maximum Gasteiger partial charge on any atom is 0.255 e. The van der Waals surface area contributed by atoms with Gasteiger partial charge in [-0.3, -0.25) is 4.79 Å². The van der Waals surface area contributed by atoms with Crippen LogP contribution in [0.2, 0.25) is 0 Å². The molecule has 0 saturated carbocycles. The molecule has 0 atom stereocenters. The minimum atomic E-state index is -0.150. The lowest BCUT2D eigenvalue weighted by atomic mass is 10.1. The van der Waals surface area contributed by atoms with Crippen LogP contribution in [0.15, 0.2) is 42.5 Å². The lowest BCUT2D eigenvalue weighted by molar-refractivity contribution is 0.102. The Kier molecular flexibility index (Phi) is 4.38. The van der Waals surface area contributed by atoms with Crippen LogP contribution in [0.25, 0.3) is 0 Å². The molecule has 0 aliphatic heterocycles. The molecule has 0 aliphatic rings. The number of nitrogens with one attached hydrogen (secondary N) is 1. The van der Waals surface area contributed by atoms with Crippen molar-refractivity contribution in [2.24, 2.45) is 0 Å². The van der Waals surface area contributed by atoms with E-state index >= 15 is 0 Å². The predicted molar refractivity (Wildman–Crippen MR) is 80.7 cm³/mol. The van der Waals surface area contributed by atoms with Crippen molar-refractivity contribution in [2.75, 3.05) is 18.2 Å². The van der Waals surface area contributed by atoms with E-state index < -0.39 is 0 Å². The fourth-order valence-corrected chi connectivity index (χ4v) is 1.93. The number of benzene rings is 2. The lowest BCUT2D eigenvalue weighted by Crippen LogP contribution is -2.12. The van der Waals surface area contributed by atoms with E-state index in [9.17, 15) is 4.79 Å². The predicted octanol–water partition coefficient (Wildman–Crippen LogP) is 2.98. The second-order valence-corrected chi connectivity index (χ2v) is 4.66.